The highest BCUT2D eigenvalue weighted by molar-refractivity contribution is 6.04. The Bertz CT molecular complexity index is 799. The highest BCUT2D eigenvalue weighted by atomic mass is 19.1. The molecule has 0 bridgehead atoms. The van der Waals surface area contributed by atoms with Gasteiger partial charge in [0, 0.05) is 42.5 Å². The van der Waals surface area contributed by atoms with E-state index in [4.69, 9.17) is 0 Å². The smallest absolute Gasteiger partial charge is 0.255 e. The summed E-state index contributed by atoms with van der Waals surface area (Å²) < 4.78 is 13.2. The molecule has 2 aromatic rings. The van der Waals surface area contributed by atoms with Gasteiger partial charge in [0.05, 0.1) is 0 Å². The van der Waals surface area contributed by atoms with Gasteiger partial charge in [0.25, 0.3) is 5.91 Å². The Morgan fingerprint density at radius 1 is 1.11 bits per heavy atom. The minimum absolute atomic E-state index is 0.0889. The molecule has 1 aliphatic heterocycles. The third-order valence-corrected chi connectivity index (χ3v) is 4.79. The maximum absolute atomic E-state index is 13.2. The minimum Gasteiger partial charge on any atom is -0.371 e. The number of hydrogen-bond donors (Lipinski definition) is 2. The topological polar surface area (TPSA) is 61.4 Å². The van der Waals surface area contributed by atoms with Crippen LogP contribution in [0.25, 0.3) is 0 Å². The molecule has 2 amide bonds. The number of halogens is 1. The van der Waals surface area contributed by atoms with Crippen molar-refractivity contribution in [2.24, 2.45) is 5.92 Å². The van der Waals surface area contributed by atoms with E-state index in [-0.39, 0.29) is 23.3 Å². The molecule has 0 saturated carbocycles. The van der Waals surface area contributed by atoms with Gasteiger partial charge in [-0.3, -0.25) is 9.59 Å². The molecule has 0 atom stereocenters. The van der Waals surface area contributed by atoms with Gasteiger partial charge in [-0.1, -0.05) is 6.07 Å². The number of carbonyl (C=O) groups excluding carboxylic acids is 2. The fraction of sp³-hybridized carbons (Fsp3) is 0.333. The summed E-state index contributed by atoms with van der Waals surface area (Å²) in [5, 5.41) is 5.67. The molecule has 0 radical (unpaired) electrons. The molecule has 0 spiro atoms. The first-order chi connectivity index (χ1) is 13.1. The van der Waals surface area contributed by atoms with Crippen molar-refractivity contribution in [1.82, 2.24) is 5.32 Å². The molecule has 1 fully saturated rings. The van der Waals surface area contributed by atoms with E-state index in [1.165, 1.54) is 18.2 Å². The van der Waals surface area contributed by atoms with Crippen LogP contribution in [0.4, 0.5) is 15.8 Å². The summed E-state index contributed by atoms with van der Waals surface area (Å²) in [6.07, 6.45) is 1.67. The Balaban J connectivity index is 1.56. The predicted octanol–water partition coefficient (Wildman–Crippen LogP) is 3.43. The monoisotopic (exact) mass is 369 g/mol. The largest absolute Gasteiger partial charge is 0.371 e. The maximum Gasteiger partial charge on any atom is 0.255 e. The normalized spacial score (nSPS) is 14.7. The van der Waals surface area contributed by atoms with Gasteiger partial charge in [-0.05, 0) is 62.2 Å². The number of piperidine rings is 1. The molecule has 3 rings (SSSR count). The molecular formula is C21H24FN3O2. The fourth-order valence-corrected chi connectivity index (χ4v) is 3.31. The van der Waals surface area contributed by atoms with Gasteiger partial charge < -0.3 is 15.5 Å². The van der Waals surface area contributed by atoms with Crippen LogP contribution in [0.5, 0.6) is 0 Å². The predicted molar refractivity (Wildman–Crippen MR) is 104 cm³/mol. The van der Waals surface area contributed by atoms with Crippen molar-refractivity contribution in [3.05, 3.63) is 59.9 Å². The summed E-state index contributed by atoms with van der Waals surface area (Å²) in [7, 11) is 0. The highest BCUT2D eigenvalue weighted by Gasteiger charge is 2.24. The number of benzene rings is 2. The van der Waals surface area contributed by atoms with Crippen LogP contribution in [0.2, 0.25) is 0 Å². The molecule has 27 heavy (non-hydrogen) atoms. The van der Waals surface area contributed by atoms with Crippen molar-refractivity contribution in [1.29, 1.82) is 0 Å². The first kappa shape index (κ1) is 18.9. The van der Waals surface area contributed by atoms with Crippen molar-refractivity contribution in [2.45, 2.75) is 19.8 Å². The van der Waals surface area contributed by atoms with E-state index in [1.807, 2.05) is 31.2 Å². The number of carbonyl (C=O) groups is 2. The second-order valence-electron chi connectivity index (χ2n) is 6.67. The lowest BCUT2D eigenvalue weighted by Gasteiger charge is -2.33. The van der Waals surface area contributed by atoms with E-state index >= 15 is 0 Å². The van der Waals surface area contributed by atoms with Gasteiger partial charge in [0.2, 0.25) is 5.91 Å². The quantitative estimate of drug-likeness (QED) is 0.849. The third-order valence-electron chi connectivity index (χ3n) is 4.79. The zero-order valence-corrected chi connectivity index (χ0v) is 15.4. The SMILES string of the molecule is CCNC(=O)C1CCN(c2ccc(NC(=O)c3cccc(F)c3)cc2)CC1. The van der Waals surface area contributed by atoms with E-state index in [0.29, 0.717) is 12.2 Å². The van der Waals surface area contributed by atoms with Crippen LogP contribution < -0.4 is 15.5 Å². The average Bonchev–Trinajstić information content (AvgIpc) is 2.69. The van der Waals surface area contributed by atoms with Crippen LogP contribution in [0.1, 0.15) is 30.1 Å². The lowest BCUT2D eigenvalue weighted by atomic mass is 9.95. The zero-order chi connectivity index (χ0) is 19.2. The number of hydrogen-bond acceptors (Lipinski definition) is 3. The standard InChI is InChI=1S/C21H24FN3O2/c1-2-23-20(26)15-10-12-25(13-11-15)19-8-6-18(7-9-19)24-21(27)16-4-3-5-17(22)14-16/h3-9,14-15H,2,10-13H2,1H3,(H,23,26)(H,24,27). The second-order valence-corrected chi connectivity index (χ2v) is 6.67. The van der Waals surface area contributed by atoms with Gasteiger partial charge in [-0.2, -0.15) is 0 Å². The maximum atomic E-state index is 13.2. The zero-order valence-electron chi connectivity index (χ0n) is 15.4. The molecule has 2 aromatic carbocycles. The van der Waals surface area contributed by atoms with Gasteiger partial charge in [-0.15, -0.1) is 0 Å². The van der Waals surface area contributed by atoms with Crippen LogP contribution >= 0.6 is 0 Å². The van der Waals surface area contributed by atoms with E-state index < -0.39 is 5.82 Å². The second kappa shape index (κ2) is 8.66. The first-order valence-electron chi connectivity index (χ1n) is 9.26. The molecule has 5 nitrogen and oxygen atoms in total. The first-order valence-corrected chi connectivity index (χ1v) is 9.26. The molecule has 1 heterocycles. The Morgan fingerprint density at radius 3 is 2.44 bits per heavy atom. The molecule has 1 aliphatic rings. The molecule has 6 heteroatoms. The van der Waals surface area contributed by atoms with Crippen molar-refractivity contribution in [2.75, 3.05) is 29.9 Å². The van der Waals surface area contributed by atoms with Gasteiger partial charge in [-0.25, -0.2) is 4.39 Å². The number of anilines is 2. The number of rotatable bonds is 5. The summed E-state index contributed by atoms with van der Waals surface area (Å²) in [6, 6.07) is 13.2. The summed E-state index contributed by atoms with van der Waals surface area (Å²) in [4.78, 5) is 26.4. The van der Waals surface area contributed by atoms with Crippen LogP contribution in [-0.4, -0.2) is 31.4 Å². The van der Waals surface area contributed by atoms with Crippen LogP contribution in [0.3, 0.4) is 0 Å². The Hall–Kier alpha value is -2.89. The molecular weight excluding hydrogens is 345 g/mol. The Morgan fingerprint density at radius 2 is 1.81 bits per heavy atom. The molecule has 142 valence electrons. The Kier molecular flexibility index (Phi) is 6.06. The number of nitrogens with one attached hydrogen (secondary N) is 2. The van der Waals surface area contributed by atoms with Crippen LogP contribution in [0, 0.1) is 11.7 Å². The highest BCUT2D eigenvalue weighted by Crippen LogP contribution is 2.25. The summed E-state index contributed by atoms with van der Waals surface area (Å²) in [6.45, 7) is 4.26. The van der Waals surface area contributed by atoms with Crippen LogP contribution in [-0.2, 0) is 4.79 Å². The molecule has 0 aliphatic carbocycles. The summed E-state index contributed by atoms with van der Waals surface area (Å²) >= 11 is 0. The van der Waals surface area contributed by atoms with Gasteiger partial charge in [0.1, 0.15) is 5.82 Å². The van der Waals surface area contributed by atoms with Gasteiger partial charge >= 0.3 is 0 Å². The fourth-order valence-electron chi connectivity index (χ4n) is 3.31. The lowest BCUT2D eigenvalue weighted by Crippen LogP contribution is -2.40. The number of amides is 2. The van der Waals surface area contributed by atoms with Crippen molar-refractivity contribution in [3.63, 3.8) is 0 Å². The minimum atomic E-state index is -0.436. The van der Waals surface area contributed by atoms with Gasteiger partial charge in [0.15, 0.2) is 0 Å². The molecule has 2 N–H and O–H groups in total. The molecule has 0 unspecified atom stereocenters. The molecule has 0 aromatic heterocycles. The lowest BCUT2D eigenvalue weighted by molar-refractivity contribution is -0.125. The number of nitrogens with zero attached hydrogens (tertiary/aromatic N) is 1. The van der Waals surface area contributed by atoms with E-state index in [1.54, 1.807) is 6.07 Å². The van der Waals surface area contributed by atoms with E-state index in [0.717, 1.165) is 31.6 Å². The summed E-state index contributed by atoms with van der Waals surface area (Å²) in [5.74, 6) is -0.544. The average molecular weight is 369 g/mol. The third kappa shape index (κ3) is 4.84. The Labute approximate surface area is 158 Å². The van der Waals surface area contributed by atoms with Crippen LogP contribution in [0.15, 0.2) is 48.5 Å². The van der Waals surface area contributed by atoms with Crippen molar-refractivity contribution >= 4 is 23.2 Å². The van der Waals surface area contributed by atoms with Crippen molar-refractivity contribution < 1.29 is 14.0 Å². The van der Waals surface area contributed by atoms with Crippen molar-refractivity contribution in [3.8, 4) is 0 Å². The molecule has 1 saturated heterocycles. The summed E-state index contributed by atoms with van der Waals surface area (Å²) in [5.41, 5.74) is 2.00. The van der Waals surface area contributed by atoms with E-state index in [2.05, 4.69) is 15.5 Å². The van der Waals surface area contributed by atoms with E-state index in [9.17, 15) is 14.0 Å².